The van der Waals surface area contributed by atoms with Crippen LogP contribution in [-0.2, 0) is 16.1 Å². The summed E-state index contributed by atoms with van der Waals surface area (Å²) in [5.74, 6) is -0.603. The first-order valence-corrected chi connectivity index (χ1v) is 10.4. The zero-order valence-electron chi connectivity index (χ0n) is 17.6. The molecule has 5 heteroatoms. The van der Waals surface area contributed by atoms with E-state index in [1.54, 1.807) is 13.8 Å². The Labute approximate surface area is 173 Å². The average molecular weight is 394 g/mol. The van der Waals surface area contributed by atoms with Gasteiger partial charge in [-0.2, -0.15) is 0 Å². The Morgan fingerprint density at radius 3 is 2.24 bits per heavy atom. The maximum atomic E-state index is 12.8. The van der Waals surface area contributed by atoms with Gasteiger partial charge in [0.05, 0.1) is 0 Å². The fraction of sp³-hybridized carbons (Fsp3) is 0.417. The second kappa shape index (κ2) is 9.12. The van der Waals surface area contributed by atoms with Gasteiger partial charge in [0.25, 0.3) is 0 Å². The molecule has 2 aromatic carbocycles. The highest BCUT2D eigenvalue weighted by Gasteiger charge is 2.36. The lowest BCUT2D eigenvalue weighted by molar-refractivity contribution is -0.138. The molecule has 5 nitrogen and oxygen atoms in total. The van der Waals surface area contributed by atoms with Crippen molar-refractivity contribution in [3.8, 4) is 0 Å². The van der Waals surface area contributed by atoms with Crippen molar-refractivity contribution in [1.82, 2.24) is 5.32 Å². The molecule has 0 unspecified atom stereocenters. The first-order chi connectivity index (χ1) is 13.9. The minimum Gasteiger partial charge on any atom is -0.372 e. The third-order valence-electron chi connectivity index (χ3n) is 5.68. The van der Waals surface area contributed by atoms with Crippen molar-refractivity contribution >= 4 is 23.2 Å². The summed E-state index contributed by atoms with van der Waals surface area (Å²) in [6.07, 6.45) is 3.75. The summed E-state index contributed by atoms with van der Waals surface area (Å²) in [7, 11) is 0. The second-order valence-corrected chi connectivity index (χ2v) is 8.28. The van der Waals surface area contributed by atoms with E-state index in [4.69, 9.17) is 0 Å². The summed E-state index contributed by atoms with van der Waals surface area (Å²) in [6.45, 7) is 7.88. The van der Waals surface area contributed by atoms with Crippen LogP contribution in [-0.4, -0.2) is 24.9 Å². The van der Waals surface area contributed by atoms with Gasteiger partial charge in [-0.15, -0.1) is 0 Å². The van der Waals surface area contributed by atoms with Crippen LogP contribution in [0.5, 0.6) is 0 Å². The molecular formula is C24H31N3O2. The number of carbonyl (C=O) groups excluding carboxylic acids is 2. The van der Waals surface area contributed by atoms with Crippen LogP contribution in [0.25, 0.3) is 0 Å². The lowest BCUT2D eigenvalue weighted by Gasteiger charge is -2.29. The van der Waals surface area contributed by atoms with Crippen molar-refractivity contribution in [2.75, 3.05) is 23.3 Å². The number of aryl methyl sites for hydroxylation is 1. The maximum absolute atomic E-state index is 12.8. The van der Waals surface area contributed by atoms with Gasteiger partial charge >= 0.3 is 0 Å². The largest absolute Gasteiger partial charge is 0.372 e. The zero-order valence-corrected chi connectivity index (χ0v) is 17.6. The van der Waals surface area contributed by atoms with Crippen molar-refractivity contribution < 1.29 is 9.59 Å². The summed E-state index contributed by atoms with van der Waals surface area (Å²) in [4.78, 5) is 27.8. The Kier molecular flexibility index (Phi) is 6.57. The van der Waals surface area contributed by atoms with E-state index in [9.17, 15) is 9.59 Å². The number of piperidine rings is 1. The standard InChI is InChI=1S/C24H31N3O2/c1-18-9-5-6-10-19(18)17-25-22(28)24(2,3)23(29)26-20-11-13-21(14-12-20)27-15-7-4-8-16-27/h5-6,9-14H,4,7-8,15-17H2,1-3H3,(H,25,28)(H,26,29). The molecule has 0 atom stereocenters. The summed E-state index contributed by atoms with van der Waals surface area (Å²) in [6, 6.07) is 15.8. The minimum atomic E-state index is -1.17. The molecule has 2 amide bonds. The Morgan fingerprint density at radius 1 is 0.931 bits per heavy atom. The number of nitrogens with one attached hydrogen (secondary N) is 2. The molecular weight excluding hydrogens is 362 g/mol. The molecule has 2 aromatic rings. The molecule has 1 fully saturated rings. The summed E-state index contributed by atoms with van der Waals surface area (Å²) in [5, 5.41) is 5.78. The summed E-state index contributed by atoms with van der Waals surface area (Å²) >= 11 is 0. The second-order valence-electron chi connectivity index (χ2n) is 8.28. The van der Waals surface area contributed by atoms with Crippen LogP contribution in [0.15, 0.2) is 48.5 Å². The molecule has 154 valence electrons. The van der Waals surface area contributed by atoms with Crippen molar-refractivity contribution in [2.45, 2.75) is 46.6 Å². The smallest absolute Gasteiger partial charge is 0.239 e. The SMILES string of the molecule is Cc1ccccc1CNC(=O)C(C)(C)C(=O)Nc1ccc(N2CCCCC2)cc1. The fourth-order valence-electron chi connectivity index (χ4n) is 3.50. The van der Waals surface area contributed by atoms with Crippen LogP contribution in [0.1, 0.15) is 44.2 Å². The van der Waals surface area contributed by atoms with Gasteiger partial charge in [0, 0.05) is 31.0 Å². The molecule has 0 aliphatic carbocycles. The predicted octanol–water partition coefficient (Wildman–Crippen LogP) is 4.27. The number of rotatable bonds is 6. The van der Waals surface area contributed by atoms with E-state index in [1.807, 2.05) is 55.5 Å². The lowest BCUT2D eigenvalue weighted by atomic mass is 9.90. The van der Waals surface area contributed by atoms with Crippen molar-refractivity contribution in [2.24, 2.45) is 5.41 Å². The fourth-order valence-corrected chi connectivity index (χ4v) is 3.50. The van der Waals surface area contributed by atoms with Gasteiger partial charge in [0.1, 0.15) is 5.41 Å². The highest BCUT2D eigenvalue weighted by molar-refractivity contribution is 6.09. The van der Waals surface area contributed by atoms with E-state index >= 15 is 0 Å². The lowest BCUT2D eigenvalue weighted by Crippen LogP contribution is -2.44. The van der Waals surface area contributed by atoms with E-state index in [0.29, 0.717) is 12.2 Å². The minimum absolute atomic E-state index is 0.289. The highest BCUT2D eigenvalue weighted by atomic mass is 16.2. The number of nitrogens with zero attached hydrogens (tertiary/aromatic N) is 1. The van der Waals surface area contributed by atoms with Gasteiger partial charge in [-0.25, -0.2) is 0 Å². The quantitative estimate of drug-likeness (QED) is 0.721. The van der Waals surface area contributed by atoms with E-state index in [2.05, 4.69) is 15.5 Å². The van der Waals surface area contributed by atoms with Crippen LogP contribution in [0.2, 0.25) is 0 Å². The Bertz CT molecular complexity index is 853. The molecule has 1 heterocycles. The molecule has 1 aliphatic heterocycles. The number of carbonyl (C=O) groups is 2. The summed E-state index contributed by atoms with van der Waals surface area (Å²) < 4.78 is 0. The van der Waals surface area contributed by atoms with E-state index in [-0.39, 0.29) is 11.8 Å². The van der Waals surface area contributed by atoms with Crippen molar-refractivity contribution in [3.63, 3.8) is 0 Å². The molecule has 1 aliphatic rings. The van der Waals surface area contributed by atoms with E-state index in [0.717, 1.165) is 24.2 Å². The molecule has 29 heavy (non-hydrogen) atoms. The van der Waals surface area contributed by atoms with Gasteiger partial charge in [0.2, 0.25) is 11.8 Å². The number of amides is 2. The van der Waals surface area contributed by atoms with E-state index in [1.165, 1.54) is 24.9 Å². The first-order valence-electron chi connectivity index (χ1n) is 10.4. The van der Waals surface area contributed by atoms with E-state index < -0.39 is 5.41 Å². The zero-order chi connectivity index (χ0) is 20.9. The van der Waals surface area contributed by atoms with Crippen LogP contribution in [0.3, 0.4) is 0 Å². The molecule has 1 saturated heterocycles. The molecule has 0 bridgehead atoms. The monoisotopic (exact) mass is 393 g/mol. The maximum Gasteiger partial charge on any atom is 0.239 e. The highest BCUT2D eigenvalue weighted by Crippen LogP contribution is 2.24. The van der Waals surface area contributed by atoms with Gasteiger partial charge in [-0.1, -0.05) is 24.3 Å². The summed E-state index contributed by atoms with van der Waals surface area (Å²) in [5.41, 5.74) is 2.87. The average Bonchev–Trinajstić information content (AvgIpc) is 2.74. The molecule has 0 spiro atoms. The van der Waals surface area contributed by atoms with Gasteiger partial charge in [-0.05, 0) is 75.4 Å². The molecule has 0 aromatic heterocycles. The van der Waals surface area contributed by atoms with Crippen LogP contribution in [0, 0.1) is 12.3 Å². The predicted molar refractivity (Wildman–Crippen MR) is 118 cm³/mol. The Balaban J connectivity index is 1.58. The number of benzene rings is 2. The molecule has 3 rings (SSSR count). The Hall–Kier alpha value is -2.82. The Morgan fingerprint density at radius 2 is 1.59 bits per heavy atom. The third-order valence-corrected chi connectivity index (χ3v) is 5.68. The number of hydrogen-bond donors (Lipinski definition) is 2. The van der Waals surface area contributed by atoms with Gasteiger partial charge in [0.15, 0.2) is 0 Å². The normalized spacial score (nSPS) is 14.4. The van der Waals surface area contributed by atoms with Gasteiger partial charge < -0.3 is 15.5 Å². The number of hydrogen-bond acceptors (Lipinski definition) is 3. The third kappa shape index (κ3) is 5.17. The van der Waals surface area contributed by atoms with Crippen molar-refractivity contribution in [3.05, 3.63) is 59.7 Å². The molecule has 2 N–H and O–H groups in total. The number of anilines is 2. The van der Waals surface area contributed by atoms with Crippen LogP contribution in [0.4, 0.5) is 11.4 Å². The van der Waals surface area contributed by atoms with Crippen LogP contribution >= 0.6 is 0 Å². The topological polar surface area (TPSA) is 61.4 Å². The van der Waals surface area contributed by atoms with Crippen molar-refractivity contribution in [1.29, 1.82) is 0 Å². The molecule has 0 radical (unpaired) electrons. The first kappa shape index (κ1) is 20.9. The van der Waals surface area contributed by atoms with Crippen LogP contribution < -0.4 is 15.5 Å². The van der Waals surface area contributed by atoms with Gasteiger partial charge in [-0.3, -0.25) is 9.59 Å². The molecule has 0 saturated carbocycles.